The summed E-state index contributed by atoms with van der Waals surface area (Å²) < 4.78 is 5.15. The van der Waals surface area contributed by atoms with Gasteiger partial charge in [-0.1, -0.05) is 6.07 Å². The zero-order chi connectivity index (χ0) is 12.3. The van der Waals surface area contributed by atoms with E-state index >= 15 is 0 Å². The normalized spacial score (nSPS) is 10.0. The molecule has 4 heteroatoms. The van der Waals surface area contributed by atoms with Crippen molar-refractivity contribution >= 4 is 17.2 Å². The highest BCUT2D eigenvalue weighted by molar-refractivity contribution is 5.60. The van der Waals surface area contributed by atoms with Gasteiger partial charge in [-0.15, -0.1) is 0 Å². The minimum atomic E-state index is 0.696. The minimum absolute atomic E-state index is 0.696. The van der Waals surface area contributed by atoms with Crippen molar-refractivity contribution in [3.05, 3.63) is 42.1 Å². The fraction of sp³-hybridized carbons (Fsp3) is 0.154. The molecule has 0 aliphatic rings. The first-order valence-electron chi connectivity index (χ1n) is 5.33. The molecule has 88 valence electrons. The van der Waals surface area contributed by atoms with Crippen LogP contribution in [0.3, 0.4) is 0 Å². The lowest BCUT2D eigenvalue weighted by atomic mass is 10.3. The van der Waals surface area contributed by atoms with E-state index in [1.165, 1.54) is 0 Å². The molecule has 2 rings (SSSR count). The van der Waals surface area contributed by atoms with Crippen LogP contribution >= 0.6 is 0 Å². The molecule has 4 nitrogen and oxygen atoms in total. The zero-order valence-corrected chi connectivity index (χ0v) is 9.90. The number of aromatic nitrogens is 1. The number of methoxy groups -OCH3 is 1. The summed E-state index contributed by atoms with van der Waals surface area (Å²) in [6.45, 7) is 1.88. The van der Waals surface area contributed by atoms with Crippen LogP contribution in [0.1, 0.15) is 5.69 Å². The number of anilines is 3. The van der Waals surface area contributed by atoms with E-state index in [-0.39, 0.29) is 0 Å². The van der Waals surface area contributed by atoms with Crippen molar-refractivity contribution in [2.75, 3.05) is 18.2 Å². The van der Waals surface area contributed by atoms with Crippen molar-refractivity contribution in [1.82, 2.24) is 4.98 Å². The minimum Gasteiger partial charge on any atom is -0.497 e. The van der Waals surface area contributed by atoms with Crippen LogP contribution in [0.25, 0.3) is 0 Å². The van der Waals surface area contributed by atoms with Gasteiger partial charge in [0.15, 0.2) is 0 Å². The van der Waals surface area contributed by atoms with Gasteiger partial charge in [-0.25, -0.2) is 4.98 Å². The van der Waals surface area contributed by atoms with Gasteiger partial charge in [0.25, 0.3) is 0 Å². The molecule has 0 fully saturated rings. The van der Waals surface area contributed by atoms with Crippen molar-refractivity contribution in [2.24, 2.45) is 0 Å². The molecular weight excluding hydrogens is 214 g/mol. The number of ether oxygens (including phenoxy) is 1. The van der Waals surface area contributed by atoms with E-state index < -0.39 is 0 Å². The molecule has 0 aliphatic carbocycles. The second-order valence-electron chi connectivity index (χ2n) is 3.73. The molecule has 0 spiro atoms. The van der Waals surface area contributed by atoms with E-state index in [0.29, 0.717) is 5.69 Å². The lowest BCUT2D eigenvalue weighted by Crippen LogP contribution is -1.98. The average Bonchev–Trinajstić information content (AvgIpc) is 2.34. The second-order valence-corrected chi connectivity index (χ2v) is 3.73. The van der Waals surface area contributed by atoms with Gasteiger partial charge in [0.2, 0.25) is 0 Å². The molecule has 0 atom stereocenters. The molecule has 17 heavy (non-hydrogen) atoms. The molecule has 0 unspecified atom stereocenters. The Morgan fingerprint density at radius 3 is 2.76 bits per heavy atom. The number of benzene rings is 1. The predicted octanol–water partition coefficient (Wildman–Crippen LogP) is 2.72. The van der Waals surface area contributed by atoms with Gasteiger partial charge in [0.1, 0.15) is 11.6 Å². The molecule has 2 aromatic rings. The van der Waals surface area contributed by atoms with Gasteiger partial charge < -0.3 is 15.8 Å². The number of pyridine rings is 1. The number of hydrogen-bond acceptors (Lipinski definition) is 4. The summed E-state index contributed by atoms with van der Waals surface area (Å²) in [5.41, 5.74) is 8.16. The molecule has 3 N–H and O–H groups in total. The fourth-order valence-electron chi connectivity index (χ4n) is 1.49. The lowest BCUT2D eigenvalue weighted by Gasteiger charge is -2.08. The first kappa shape index (κ1) is 11.3. The Kier molecular flexibility index (Phi) is 3.14. The van der Waals surface area contributed by atoms with Gasteiger partial charge >= 0.3 is 0 Å². The van der Waals surface area contributed by atoms with Crippen molar-refractivity contribution in [3.63, 3.8) is 0 Å². The highest BCUT2D eigenvalue weighted by atomic mass is 16.5. The van der Waals surface area contributed by atoms with Gasteiger partial charge in [-0.05, 0) is 31.2 Å². The standard InChI is InChI=1S/C13H15N3O/c1-9-12(14)6-7-13(15-9)16-10-4-3-5-11(8-10)17-2/h3-8H,14H2,1-2H3,(H,15,16). The fourth-order valence-corrected chi connectivity index (χ4v) is 1.49. The molecule has 1 aromatic heterocycles. The van der Waals surface area contributed by atoms with Crippen LogP contribution in [0, 0.1) is 6.92 Å². The molecule has 0 bridgehead atoms. The number of nitrogen functional groups attached to an aromatic ring is 1. The number of nitrogens with zero attached hydrogens (tertiary/aromatic N) is 1. The molecule has 0 aliphatic heterocycles. The smallest absolute Gasteiger partial charge is 0.130 e. The topological polar surface area (TPSA) is 60.2 Å². The Labute approximate surface area is 100 Å². The van der Waals surface area contributed by atoms with Crippen molar-refractivity contribution in [2.45, 2.75) is 6.92 Å². The Hall–Kier alpha value is -2.23. The number of nitrogens with two attached hydrogens (primary N) is 1. The van der Waals surface area contributed by atoms with E-state index in [9.17, 15) is 0 Å². The summed E-state index contributed by atoms with van der Waals surface area (Å²) in [6.07, 6.45) is 0. The molecule has 1 heterocycles. The van der Waals surface area contributed by atoms with Crippen LogP contribution in [0.2, 0.25) is 0 Å². The molecule has 0 radical (unpaired) electrons. The summed E-state index contributed by atoms with van der Waals surface area (Å²) in [4.78, 5) is 4.35. The molecule has 0 amide bonds. The Morgan fingerprint density at radius 2 is 2.06 bits per heavy atom. The molecular formula is C13H15N3O. The molecule has 1 aromatic carbocycles. The predicted molar refractivity (Wildman–Crippen MR) is 69.7 cm³/mol. The van der Waals surface area contributed by atoms with E-state index in [1.807, 2.05) is 43.3 Å². The molecule has 0 saturated carbocycles. The van der Waals surface area contributed by atoms with Crippen molar-refractivity contribution < 1.29 is 4.74 Å². The maximum atomic E-state index is 5.72. The quantitative estimate of drug-likeness (QED) is 0.849. The van der Waals surface area contributed by atoms with Crippen LogP contribution < -0.4 is 15.8 Å². The summed E-state index contributed by atoms with van der Waals surface area (Å²) in [5, 5.41) is 3.20. The maximum absolute atomic E-state index is 5.72. The number of hydrogen-bond donors (Lipinski definition) is 2. The maximum Gasteiger partial charge on any atom is 0.130 e. The van der Waals surface area contributed by atoms with Gasteiger partial charge in [-0.2, -0.15) is 0 Å². The third kappa shape index (κ3) is 2.66. The van der Waals surface area contributed by atoms with Crippen LogP contribution in [0.5, 0.6) is 5.75 Å². The van der Waals surface area contributed by atoms with E-state index in [1.54, 1.807) is 7.11 Å². The van der Waals surface area contributed by atoms with Crippen molar-refractivity contribution in [1.29, 1.82) is 0 Å². The average molecular weight is 229 g/mol. The van der Waals surface area contributed by atoms with Crippen LogP contribution in [0.4, 0.5) is 17.2 Å². The summed E-state index contributed by atoms with van der Waals surface area (Å²) in [7, 11) is 1.64. The van der Waals surface area contributed by atoms with Gasteiger partial charge in [-0.3, -0.25) is 0 Å². The van der Waals surface area contributed by atoms with Crippen LogP contribution in [-0.2, 0) is 0 Å². The number of nitrogens with one attached hydrogen (secondary N) is 1. The third-order valence-electron chi connectivity index (χ3n) is 2.47. The first-order valence-corrected chi connectivity index (χ1v) is 5.33. The van der Waals surface area contributed by atoms with E-state index in [4.69, 9.17) is 10.5 Å². The zero-order valence-electron chi connectivity index (χ0n) is 9.90. The first-order chi connectivity index (χ1) is 8.19. The number of aryl methyl sites for hydroxylation is 1. The summed E-state index contributed by atoms with van der Waals surface area (Å²) >= 11 is 0. The second kappa shape index (κ2) is 4.74. The Balaban J connectivity index is 2.22. The number of rotatable bonds is 3. The summed E-state index contributed by atoms with van der Waals surface area (Å²) in [5.74, 6) is 1.58. The highest BCUT2D eigenvalue weighted by Gasteiger charge is 2.00. The highest BCUT2D eigenvalue weighted by Crippen LogP contribution is 2.21. The van der Waals surface area contributed by atoms with Crippen LogP contribution in [-0.4, -0.2) is 12.1 Å². The van der Waals surface area contributed by atoms with E-state index in [2.05, 4.69) is 10.3 Å². The lowest BCUT2D eigenvalue weighted by molar-refractivity contribution is 0.415. The van der Waals surface area contributed by atoms with Crippen molar-refractivity contribution in [3.8, 4) is 5.75 Å². The molecule has 0 saturated heterocycles. The largest absolute Gasteiger partial charge is 0.497 e. The Bertz CT molecular complexity index is 526. The summed E-state index contributed by atoms with van der Waals surface area (Å²) in [6, 6.07) is 11.4. The third-order valence-corrected chi connectivity index (χ3v) is 2.47. The van der Waals surface area contributed by atoms with Gasteiger partial charge in [0.05, 0.1) is 18.5 Å². The van der Waals surface area contributed by atoms with E-state index in [0.717, 1.165) is 22.9 Å². The Morgan fingerprint density at radius 1 is 1.24 bits per heavy atom. The SMILES string of the molecule is COc1cccc(Nc2ccc(N)c(C)n2)c1. The van der Waals surface area contributed by atoms with Gasteiger partial charge in [0, 0.05) is 11.8 Å². The monoisotopic (exact) mass is 229 g/mol. The van der Waals surface area contributed by atoms with Crippen LogP contribution in [0.15, 0.2) is 36.4 Å².